The first kappa shape index (κ1) is 25.0. The van der Waals surface area contributed by atoms with Crippen molar-refractivity contribution in [2.75, 3.05) is 19.1 Å². The lowest BCUT2D eigenvalue weighted by Crippen LogP contribution is -2.27. The highest BCUT2D eigenvalue weighted by Gasteiger charge is 2.24. The molecule has 0 bridgehead atoms. The molecule has 0 aliphatic rings. The van der Waals surface area contributed by atoms with Crippen molar-refractivity contribution >= 4 is 17.3 Å². The monoisotopic (exact) mass is 480 g/mol. The van der Waals surface area contributed by atoms with Crippen LogP contribution in [0.1, 0.15) is 43.7 Å². The third-order valence-corrected chi connectivity index (χ3v) is 6.26. The van der Waals surface area contributed by atoms with Gasteiger partial charge in [-0.3, -0.25) is 14.7 Å². The van der Waals surface area contributed by atoms with Crippen molar-refractivity contribution in [1.29, 1.82) is 0 Å². The van der Waals surface area contributed by atoms with Gasteiger partial charge in [0.1, 0.15) is 0 Å². The predicted octanol–water partition coefficient (Wildman–Crippen LogP) is 6.90. The highest BCUT2D eigenvalue weighted by Crippen LogP contribution is 2.37. The maximum atomic E-state index is 14.0. The van der Waals surface area contributed by atoms with Crippen molar-refractivity contribution in [3.63, 3.8) is 0 Å². The SMILES string of the molecule is COc1ccc(Cc2c(C)cc(C)cc2N(C(=O)c2ccncc2)c2cc(C)cc(C)c2)cc1OC. The second-order valence-corrected chi connectivity index (χ2v) is 9.17. The molecule has 0 N–H and O–H groups in total. The van der Waals surface area contributed by atoms with Crippen molar-refractivity contribution in [2.24, 2.45) is 0 Å². The minimum atomic E-state index is -0.0963. The van der Waals surface area contributed by atoms with Crippen LogP contribution in [0.4, 0.5) is 11.4 Å². The Balaban J connectivity index is 1.91. The van der Waals surface area contributed by atoms with Crippen LogP contribution in [0.15, 0.2) is 73.1 Å². The van der Waals surface area contributed by atoms with Crippen LogP contribution in [0.5, 0.6) is 11.5 Å². The van der Waals surface area contributed by atoms with E-state index in [2.05, 4.69) is 63.0 Å². The summed E-state index contributed by atoms with van der Waals surface area (Å²) in [5, 5.41) is 0. The molecule has 0 saturated heterocycles. The molecule has 5 heteroatoms. The lowest BCUT2D eigenvalue weighted by atomic mass is 9.95. The van der Waals surface area contributed by atoms with Gasteiger partial charge in [0.2, 0.25) is 0 Å². The van der Waals surface area contributed by atoms with Gasteiger partial charge in [-0.05, 0) is 110 Å². The van der Waals surface area contributed by atoms with Gasteiger partial charge >= 0.3 is 0 Å². The molecule has 0 saturated carbocycles. The number of ether oxygens (including phenoxy) is 2. The Bertz CT molecular complexity index is 1380. The van der Waals surface area contributed by atoms with Crippen molar-refractivity contribution in [1.82, 2.24) is 4.98 Å². The molecule has 4 rings (SSSR count). The average molecular weight is 481 g/mol. The summed E-state index contributed by atoms with van der Waals surface area (Å²) in [6.07, 6.45) is 3.94. The Morgan fingerprint density at radius 1 is 0.778 bits per heavy atom. The van der Waals surface area contributed by atoms with Crippen LogP contribution >= 0.6 is 0 Å². The van der Waals surface area contributed by atoms with Gasteiger partial charge in [-0.1, -0.05) is 18.2 Å². The second-order valence-electron chi connectivity index (χ2n) is 9.17. The van der Waals surface area contributed by atoms with Gasteiger partial charge in [0, 0.05) is 23.6 Å². The number of hydrogen-bond acceptors (Lipinski definition) is 4. The molecular formula is C31H32N2O3. The Kier molecular flexibility index (Phi) is 7.39. The summed E-state index contributed by atoms with van der Waals surface area (Å²) in [4.78, 5) is 20.0. The van der Waals surface area contributed by atoms with E-state index in [1.54, 1.807) is 38.7 Å². The van der Waals surface area contributed by atoms with Gasteiger partial charge < -0.3 is 9.47 Å². The van der Waals surface area contributed by atoms with Crippen molar-refractivity contribution in [3.05, 3.63) is 112 Å². The van der Waals surface area contributed by atoms with Crippen molar-refractivity contribution in [3.8, 4) is 11.5 Å². The number of nitrogens with zero attached hydrogens (tertiary/aromatic N) is 2. The number of pyridine rings is 1. The van der Waals surface area contributed by atoms with Crippen LogP contribution in [0, 0.1) is 27.7 Å². The highest BCUT2D eigenvalue weighted by atomic mass is 16.5. The number of rotatable bonds is 7. The number of methoxy groups -OCH3 is 2. The first-order valence-electron chi connectivity index (χ1n) is 11.9. The van der Waals surface area contributed by atoms with E-state index in [0.29, 0.717) is 23.5 Å². The number of anilines is 2. The van der Waals surface area contributed by atoms with Gasteiger partial charge in [-0.15, -0.1) is 0 Å². The number of aryl methyl sites for hydroxylation is 4. The lowest BCUT2D eigenvalue weighted by Gasteiger charge is -2.28. The number of carbonyl (C=O) groups is 1. The summed E-state index contributed by atoms with van der Waals surface area (Å²) in [5.41, 5.74) is 8.85. The fourth-order valence-electron chi connectivity index (χ4n) is 4.67. The van der Waals surface area contributed by atoms with Crippen molar-refractivity contribution < 1.29 is 14.3 Å². The molecule has 184 valence electrons. The summed E-state index contributed by atoms with van der Waals surface area (Å²) >= 11 is 0. The van der Waals surface area contributed by atoms with E-state index >= 15 is 0 Å². The van der Waals surface area contributed by atoms with Crippen LogP contribution in [-0.2, 0) is 6.42 Å². The molecule has 1 aromatic heterocycles. The summed E-state index contributed by atoms with van der Waals surface area (Å²) < 4.78 is 11.0. The molecule has 0 aliphatic carbocycles. The zero-order chi connectivity index (χ0) is 25.8. The third kappa shape index (κ3) is 5.25. The molecule has 0 atom stereocenters. The van der Waals surface area contributed by atoms with E-state index in [4.69, 9.17) is 9.47 Å². The molecule has 0 fully saturated rings. The van der Waals surface area contributed by atoms with Gasteiger partial charge in [0.25, 0.3) is 5.91 Å². The van der Waals surface area contributed by atoms with Crippen LogP contribution in [0.2, 0.25) is 0 Å². The Labute approximate surface area is 213 Å². The van der Waals surface area contributed by atoms with Crippen LogP contribution in [0.3, 0.4) is 0 Å². The largest absolute Gasteiger partial charge is 0.493 e. The first-order chi connectivity index (χ1) is 17.3. The normalized spacial score (nSPS) is 10.7. The minimum Gasteiger partial charge on any atom is -0.493 e. The topological polar surface area (TPSA) is 51.7 Å². The first-order valence-corrected chi connectivity index (χ1v) is 11.9. The van der Waals surface area contributed by atoms with Crippen LogP contribution < -0.4 is 14.4 Å². The van der Waals surface area contributed by atoms with Crippen LogP contribution in [-0.4, -0.2) is 25.1 Å². The van der Waals surface area contributed by atoms with Gasteiger partial charge in [0.15, 0.2) is 11.5 Å². The zero-order valence-electron chi connectivity index (χ0n) is 21.8. The smallest absolute Gasteiger partial charge is 0.262 e. The molecule has 5 nitrogen and oxygen atoms in total. The maximum absolute atomic E-state index is 14.0. The molecule has 1 amide bonds. The van der Waals surface area contributed by atoms with E-state index < -0.39 is 0 Å². The fourth-order valence-corrected chi connectivity index (χ4v) is 4.67. The predicted molar refractivity (Wildman–Crippen MR) is 145 cm³/mol. The van der Waals surface area contributed by atoms with E-state index in [0.717, 1.165) is 44.8 Å². The quantitative estimate of drug-likeness (QED) is 0.289. The Morgan fingerprint density at radius 2 is 1.42 bits per heavy atom. The summed E-state index contributed by atoms with van der Waals surface area (Å²) in [5.74, 6) is 1.27. The molecule has 0 unspecified atom stereocenters. The molecule has 0 aliphatic heterocycles. The molecule has 4 aromatic rings. The maximum Gasteiger partial charge on any atom is 0.262 e. The zero-order valence-corrected chi connectivity index (χ0v) is 21.8. The van der Waals surface area contributed by atoms with E-state index in [-0.39, 0.29) is 5.91 Å². The molecule has 36 heavy (non-hydrogen) atoms. The second kappa shape index (κ2) is 10.6. The van der Waals surface area contributed by atoms with Gasteiger partial charge in [0.05, 0.1) is 19.9 Å². The fraction of sp³-hybridized carbons (Fsp3) is 0.226. The average Bonchev–Trinajstić information content (AvgIpc) is 2.86. The highest BCUT2D eigenvalue weighted by molar-refractivity contribution is 6.11. The van der Waals surface area contributed by atoms with E-state index in [1.807, 2.05) is 23.1 Å². The number of carbonyl (C=O) groups excluding carboxylic acids is 1. The number of aromatic nitrogens is 1. The minimum absolute atomic E-state index is 0.0963. The molecule has 3 aromatic carbocycles. The molecule has 0 radical (unpaired) electrons. The Hall–Kier alpha value is -4.12. The van der Waals surface area contributed by atoms with Crippen LogP contribution in [0.25, 0.3) is 0 Å². The van der Waals surface area contributed by atoms with E-state index in [1.165, 1.54) is 0 Å². The standard InChI is InChI=1S/C31H32N2O3/c1-20-13-21(2)16-26(15-20)33(31(34)25-9-11-32-12-10-25)28-17-22(3)14-23(4)27(28)18-24-7-8-29(35-5)30(19-24)36-6/h7-17,19H,18H2,1-6H3. The molecule has 1 heterocycles. The third-order valence-electron chi connectivity index (χ3n) is 6.26. The number of hydrogen-bond donors (Lipinski definition) is 0. The van der Waals surface area contributed by atoms with Gasteiger partial charge in [-0.25, -0.2) is 0 Å². The summed E-state index contributed by atoms with van der Waals surface area (Å²) in [6, 6.07) is 20.0. The molecular weight excluding hydrogens is 448 g/mol. The lowest BCUT2D eigenvalue weighted by molar-refractivity contribution is 0.0999. The Morgan fingerprint density at radius 3 is 2.06 bits per heavy atom. The van der Waals surface area contributed by atoms with Crippen molar-refractivity contribution in [2.45, 2.75) is 34.1 Å². The van der Waals surface area contributed by atoms with Gasteiger partial charge in [-0.2, -0.15) is 0 Å². The molecule has 0 spiro atoms. The van der Waals surface area contributed by atoms with E-state index in [9.17, 15) is 4.79 Å². The number of benzene rings is 3. The number of amides is 1. The summed E-state index contributed by atoms with van der Waals surface area (Å²) in [7, 11) is 3.27. The summed E-state index contributed by atoms with van der Waals surface area (Å²) in [6.45, 7) is 8.27.